The van der Waals surface area contributed by atoms with Crippen molar-refractivity contribution in [3.8, 4) is 0 Å². The van der Waals surface area contributed by atoms with Crippen molar-refractivity contribution in [2.75, 3.05) is 0 Å². The lowest BCUT2D eigenvalue weighted by molar-refractivity contribution is 0.0947. The van der Waals surface area contributed by atoms with Gasteiger partial charge in [0.25, 0.3) is 5.91 Å². The molecule has 19 heavy (non-hydrogen) atoms. The molecule has 0 aromatic heterocycles. The van der Waals surface area contributed by atoms with Crippen molar-refractivity contribution in [2.24, 2.45) is 0 Å². The monoisotopic (exact) mass is 297 g/mol. The van der Waals surface area contributed by atoms with Crippen LogP contribution >= 0.6 is 23.2 Å². The third kappa shape index (κ3) is 3.46. The van der Waals surface area contributed by atoms with Gasteiger partial charge >= 0.3 is 0 Å². The molecule has 0 bridgehead atoms. The molecule has 0 heterocycles. The molecule has 0 aliphatic rings. The van der Waals surface area contributed by atoms with Gasteiger partial charge in [-0.1, -0.05) is 41.4 Å². The molecule has 1 N–H and O–H groups in total. The smallest absolute Gasteiger partial charge is 0.254 e. The van der Waals surface area contributed by atoms with E-state index >= 15 is 0 Å². The largest absolute Gasteiger partial charge is 0.348 e. The second-order valence-electron chi connectivity index (χ2n) is 3.90. The van der Waals surface area contributed by atoms with E-state index in [9.17, 15) is 9.18 Å². The first-order valence-electron chi connectivity index (χ1n) is 5.54. The Morgan fingerprint density at radius 2 is 1.89 bits per heavy atom. The summed E-state index contributed by atoms with van der Waals surface area (Å²) in [6, 6.07) is 10.8. The number of hydrogen-bond acceptors (Lipinski definition) is 1. The van der Waals surface area contributed by atoms with Crippen molar-refractivity contribution in [1.82, 2.24) is 5.32 Å². The van der Waals surface area contributed by atoms with E-state index in [0.717, 1.165) is 5.56 Å². The summed E-state index contributed by atoms with van der Waals surface area (Å²) in [7, 11) is 0. The summed E-state index contributed by atoms with van der Waals surface area (Å²) in [5.41, 5.74) is 0.725. The maximum atomic E-state index is 13.4. The minimum atomic E-state index is -0.554. The fraction of sp³-hybridized carbons (Fsp3) is 0.0714. The molecule has 0 atom stereocenters. The third-order valence-electron chi connectivity index (χ3n) is 2.57. The highest BCUT2D eigenvalue weighted by Gasteiger charge is 2.11. The highest BCUT2D eigenvalue weighted by Crippen LogP contribution is 2.20. The van der Waals surface area contributed by atoms with Crippen LogP contribution in [0.1, 0.15) is 15.9 Å². The van der Waals surface area contributed by atoms with Gasteiger partial charge in [0.1, 0.15) is 5.82 Å². The first-order valence-corrected chi connectivity index (χ1v) is 6.30. The Morgan fingerprint density at radius 1 is 1.16 bits per heavy atom. The molecular formula is C14H10Cl2FNO. The van der Waals surface area contributed by atoms with Gasteiger partial charge in [0.05, 0.1) is 5.56 Å². The van der Waals surface area contributed by atoms with Crippen LogP contribution in [0, 0.1) is 5.82 Å². The molecule has 98 valence electrons. The molecule has 5 heteroatoms. The van der Waals surface area contributed by atoms with Gasteiger partial charge in [0.15, 0.2) is 0 Å². The molecule has 2 aromatic carbocycles. The summed E-state index contributed by atoms with van der Waals surface area (Å²) in [6.07, 6.45) is 0. The van der Waals surface area contributed by atoms with Gasteiger partial charge in [-0.3, -0.25) is 4.79 Å². The number of nitrogens with one attached hydrogen (secondary N) is 1. The van der Waals surface area contributed by atoms with E-state index in [-0.39, 0.29) is 12.1 Å². The van der Waals surface area contributed by atoms with Gasteiger partial charge in [-0.2, -0.15) is 0 Å². The molecule has 2 rings (SSSR count). The van der Waals surface area contributed by atoms with Crippen molar-refractivity contribution < 1.29 is 9.18 Å². The summed E-state index contributed by atoms with van der Waals surface area (Å²) in [5, 5.41) is 3.59. The molecule has 0 fully saturated rings. The van der Waals surface area contributed by atoms with Gasteiger partial charge in [0, 0.05) is 16.6 Å². The Morgan fingerprint density at radius 3 is 2.58 bits per heavy atom. The predicted octanol–water partition coefficient (Wildman–Crippen LogP) is 4.06. The second-order valence-corrected chi connectivity index (χ2v) is 4.74. The van der Waals surface area contributed by atoms with Crippen LogP contribution < -0.4 is 5.32 Å². The number of carbonyl (C=O) groups excluding carboxylic acids is 1. The van der Waals surface area contributed by atoms with E-state index in [1.165, 1.54) is 18.2 Å². The number of hydrogen-bond donors (Lipinski definition) is 1. The van der Waals surface area contributed by atoms with Crippen LogP contribution in [0.25, 0.3) is 0 Å². The van der Waals surface area contributed by atoms with Gasteiger partial charge < -0.3 is 5.32 Å². The van der Waals surface area contributed by atoms with E-state index in [4.69, 9.17) is 23.2 Å². The van der Waals surface area contributed by atoms with E-state index < -0.39 is 11.7 Å². The fourth-order valence-corrected chi connectivity index (χ4v) is 2.06. The standard InChI is InChI=1S/C14H10Cl2FNO/c15-10-6-5-9(12(16)7-10)8-18-14(19)11-3-1-2-4-13(11)17/h1-7H,8H2,(H,18,19). The Balaban J connectivity index is 2.07. The van der Waals surface area contributed by atoms with E-state index in [1.54, 1.807) is 24.3 Å². The van der Waals surface area contributed by atoms with Crippen LogP contribution in [0.15, 0.2) is 42.5 Å². The number of benzene rings is 2. The zero-order chi connectivity index (χ0) is 13.8. The van der Waals surface area contributed by atoms with Crippen LogP contribution in [0.5, 0.6) is 0 Å². The highest BCUT2D eigenvalue weighted by atomic mass is 35.5. The first-order chi connectivity index (χ1) is 9.08. The first kappa shape index (κ1) is 13.8. The summed E-state index contributed by atoms with van der Waals surface area (Å²) in [6.45, 7) is 0.211. The van der Waals surface area contributed by atoms with E-state index in [1.807, 2.05) is 0 Å². The maximum absolute atomic E-state index is 13.4. The second kappa shape index (κ2) is 6.04. The van der Waals surface area contributed by atoms with Crippen LogP contribution in [0.2, 0.25) is 10.0 Å². The van der Waals surface area contributed by atoms with Gasteiger partial charge in [0.2, 0.25) is 0 Å². The molecular weight excluding hydrogens is 288 g/mol. The number of halogens is 3. The maximum Gasteiger partial charge on any atom is 0.254 e. The van der Waals surface area contributed by atoms with Crippen LogP contribution in [-0.4, -0.2) is 5.91 Å². The molecule has 2 nitrogen and oxygen atoms in total. The number of amides is 1. The Labute approximate surface area is 120 Å². The van der Waals surface area contributed by atoms with Crippen LogP contribution in [0.3, 0.4) is 0 Å². The summed E-state index contributed by atoms with van der Waals surface area (Å²) in [4.78, 5) is 11.8. The van der Waals surface area contributed by atoms with Crippen molar-refractivity contribution >= 4 is 29.1 Å². The fourth-order valence-electron chi connectivity index (χ4n) is 1.58. The zero-order valence-corrected chi connectivity index (χ0v) is 11.3. The van der Waals surface area contributed by atoms with Gasteiger partial charge in [-0.25, -0.2) is 4.39 Å². The SMILES string of the molecule is O=C(NCc1ccc(Cl)cc1Cl)c1ccccc1F. The molecule has 0 spiro atoms. The van der Waals surface area contributed by atoms with Crippen LogP contribution in [0.4, 0.5) is 4.39 Å². The summed E-state index contributed by atoms with van der Waals surface area (Å²) < 4.78 is 13.4. The molecule has 0 aliphatic heterocycles. The van der Waals surface area contributed by atoms with E-state index in [2.05, 4.69) is 5.32 Å². The normalized spacial score (nSPS) is 10.3. The lowest BCUT2D eigenvalue weighted by Crippen LogP contribution is -2.23. The molecule has 0 radical (unpaired) electrons. The minimum Gasteiger partial charge on any atom is -0.348 e. The average Bonchev–Trinajstić information content (AvgIpc) is 2.38. The topological polar surface area (TPSA) is 29.1 Å². The predicted molar refractivity (Wildman–Crippen MR) is 74.0 cm³/mol. The highest BCUT2D eigenvalue weighted by molar-refractivity contribution is 6.35. The van der Waals surface area contributed by atoms with Gasteiger partial charge in [-0.15, -0.1) is 0 Å². The molecule has 1 amide bonds. The molecule has 2 aromatic rings. The lowest BCUT2D eigenvalue weighted by Gasteiger charge is -2.08. The quantitative estimate of drug-likeness (QED) is 0.909. The van der Waals surface area contributed by atoms with Crippen molar-refractivity contribution in [3.63, 3.8) is 0 Å². The molecule has 0 aliphatic carbocycles. The molecule has 0 saturated carbocycles. The van der Waals surface area contributed by atoms with Crippen LogP contribution in [-0.2, 0) is 6.54 Å². The Kier molecular flexibility index (Phi) is 4.40. The molecule has 0 unspecified atom stereocenters. The number of rotatable bonds is 3. The Bertz CT molecular complexity index is 616. The van der Waals surface area contributed by atoms with E-state index in [0.29, 0.717) is 10.0 Å². The lowest BCUT2D eigenvalue weighted by atomic mass is 10.2. The Hall–Kier alpha value is -1.58. The van der Waals surface area contributed by atoms with Crippen molar-refractivity contribution in [3.05, 3.63) is 69.5 Å². The average molecular weight is 298 g/mol. The molecule has 0 saturated heterocycles. The van der Waals surface area contributed by atoms with Crippen molar-refractivity contribution in [2.45, 2.75) is 6.54 Å². The van der Waals surface area contributed by atoms with Crippen molar-refractivity contribution in [1.29, 1.82) is 0 Å². The van der Waals surface area contributed by atoms with Gasteiger partial charge in [-0.05, 0) is 29.8 Å². The third-order valence-corrected chi connectivity index (χ3v) is 3.16. The zero-order valence-electron chi connectivity index (χ0n) is 9.79. The summed E-state index contributed by atoms with van der Waals surface area (Å²) >= 11 is 11.8. The summed E-state index contributed by atoms with van der Waals surface area (Å²) in [5.74, 6) is -1.04. The number of carbonyl (C=O) groups is 1. The minimum absolute atomic E-state index is 0.00702.